The molecule has 23 heavy (non-hydrogen) atoms. The van der Waals surface area contributed by atoms with Crippen molar-refractivity contribution in [1.29, 1.82) is 0 Å². The molecule has 0 bridgehead atoms. The largest absolute Gasteiger partial charge is 0.483 e. The second-order valence-electron chi connectivity index (χ2n) is 5.86. The highest BCUT2D eigenvalue weighted by Gasteiger charge is 2.12. The highest BCUT2D eigenvalue weighted by Crippen LogP contribution is 2.28. The molecule has 5 heteroatoms. The highest BCUT2D eigenvalue weighted by molar-refractivity contribution is 5.85. The van der Waals surface area contributed by atoms with Gasteiger partial charge < -0.3 is 14.5 Å². The Balaban J connectivity index is 2.14. The Morgan fingerprint density at radius 3 is 2.78 bits per heavy atom. The normalized spacial score (nSPS) is 12.2. The minimum absolute atomic E-state index is 0.0591. The Bertz CT molecular complexity index is 763. The van der Waals surface area contributed by atoms with Crippen molar-refractivity contribution >= 4 is 16.9 Å². The smallest absolute Gasteiger partial charge is 0.336 e. The van der Waals surface area contributed by atoms with Gasteiger partial charge in [-0.25, -0.2) is 4.79 Å². The molecule has 1 amide bonds. The van der Waals surface area contributed by atoms with Gasteiger partial charge in [-0.1, -0.05) is 13.3 Å². The van der Waals surface area contributed by atoms with E-state index >= 15 is 0 Å². The first-order valence-corrected chi connectivity index (χ1v) is 7.88. The Labute approximate surface area is 135 Å². The maximum Gasteiger partial charge on any atom is 0.336 e. The molecule has 1 aromatic heterocycles. The first-order chi connectivity index (χ1) is 10.9. The van der Waals surface area contributed by atoms with E-state index in [-0.39, 0.29) is 24.2 Å². The molecule has 0 aliphatic carbocycles. The van der Waals surface area contributed by atoms with Gasteiger partial charge in [0.2, 0.25) is 0 Å². The molecule has 0 spiro atoms. The van der Waals surface area contributed by atoms with E-state index in [1.54, 1.807) is 6.07 Å². The van der Waals surface area contributed by atoms with E-state index in [1.165, 1.54) is 6.07 Å². The van der Waals surface area contributed by atoms with Crippen LogP contribution in [0.3, 0.4) is 0 Å². The van der Waals surface area contributed by atoms with Crippen LogP contribution in [-0.2, 0) is 4.79 Å². The lowest BCUT2D eigenvalue weighted by Crippen LogP contribution is -2.36. The maximum atomic E-state index is 11.9. The second kappa shape index (κ2) is 7.31. The predicted octanol–water partition coefficient (Wildman–Crippen LogP) is 3.09. The van der Waals surface area contributed by atoms with E-state index in [9.17, 15) is 9.59 Å². The number of amides is 1. The number of hydrogen-bond donors (Lipinski definition) is 1. The third-order valence-corrected chi connectivity index (χ3v) is 3.81. The monoisotopic (exact) mass is 317 g/mol. The molecule has 2 aromatic rings. The molecule has 0 radical (unpaired) electrons. The van der Waals surface area contributed by atoms with E-state index in [0.717, 1.165) is 29.4 Å². The lowest BCUT2D eigenvalue weighted by atomic mass is 10.1. The summed E-state index contributed by atoms with van der Waals surface area (Å²) in [4.78, 5) is 23.4. The zero-order valence-electron chi connectivity index (χ0n) is 14.1. The first kappa shape index (κ1) is 17.1. The first-order valence-electron chi connectivity index (χ1n) is 7.88. The summed E-state index contributed by atoms with van der Waals surface area (Å²) in [5.74, 6) is 0.390. The molecule has 1 aromatic carbocycles. The fraction of sp³-hybridized carbons (Fsp3) is 0.444. The fourth-order valence-electron chi connectivity index (χ4n) is 2.62. The third-order valence-electron chi connectivity index (χ3n) is 3.81. The summed E-state index contributed by atoms with van der Waals surface area (Å²) in [5.41, 5.74) is 1.70. The van der Waals surface area contributed by atoms with Crippen LogP contribution in [0, 0.1) is 13.8 Å². The van der Waals surface area contributed by atoms with E-state index in [0.29, 0.717) is 11.3 Å². The van der Waals surface area contributed by atoms with Gasteiger partial charge in [-0.05, 0) is 44.9 Å². The van der Waals surface area contributed by atoms with Crippen LogP contribution in [0.5, 0.6) is 5.75 Å². The molecule has 124 valence electrons. The van der Waals surface area contributed by atoms with Crippen molar-refractivity contribution in [3.63, 3.8) is 0 Å². The average molecular weight is 317 g/mol. The molecule has 0 saturated heterocycles. The summed E-state index contributed by atoms with van der Waals surface area (Å²) < 4.78 is 10.9. The minimum atomic E-state index is -0.388. The summed E-state index contributed by atoms with van der Waals surface area (Å²) in [6, 6.07) is 5.24. The van der Waals surface area contributed by atoms with Gasteiger partial charge >= 0.3 is 5.63 Å². The summed E-state index contributed by atoms with van der Waals surface area (Å²) in [5, 5.41) is 3.76. The van der Waals surface area contributed by atoms with Gasteiger partial charge in [0.1, 0.15) is 11.3 Å². The Kier molecular flexibility index (Phi) is 5.42. The molecule has 1 unspecified atom stereocenters. The molecule has 2 rings (SSSR count). The van der Waals surface area contributed by atoms with Crippen molar-refractivity contribution in [1.82, 2.24) is 5.32 Å². The summed E-state index contributed by atoms with van der Waals surface area (Å²) >= 11 is 0. The van der Waals surface area contributed by atoms with Gasteiger partial charge in [0.25, 0.3) is 5.91 Å². The zero-order valence-corrected chi connectivity index (χ0v) is 14.1. The Morgan fingerprint density at radius 2 is 2.09 bits per heavy atom. The van der Waals surface area contributed by atoms with Gasteiger partial charge in [-0.2, -0.15) is 0 Å². The second-order valence-corrected chi connectivity index (χ2v) is 5.86. The maximum absolute atomic E-state index is 11.9. The summed E-state index contributed by atoms with van der Waals surface area (Å²) in [6.45, 7) is 7.67. The Hall–Kier alpha value is -2.30. The van der Waals surface area contributed by atoms with E-state index in [4.69, 9.17) is 9.15 Å². The molecule has 5 nitrogen and oxygen atoms in total. The standard InChI is InChI=1S/C18H23NO4/c1-5-6-12(3)19-16(20)10-22-15-8-7-14-11(2)9-17(21)23-18(14)13(15)4/h7-9,12H,5-6,10H2,1-4H3,(H,19,20). The number of fused-ring (bicyclic) bond motifs is 1. The molecule has 1 atom stereocenters. The van der Waals surface area contributed by atoms with E-state index in [1.807, 2.05) is 26.8 Å². The molecule has 1 N–H and O–H groups in total. The van der Waals surface area contributed by atoms with Gasteiger partial charge in [-0.3, -0.25) is 4.79 Å². The number of nitrogens with one attached hydrogen (secondary N) is 1. The highest BCUT2D eigenvalue weighted by atomic mass is 16.5. The van der Waals surface area contributed by atoms with Crippen LogP contribution >= 0.6 is 0 Å². The van der Waals surface area contributed by atoms with Crippen molar-refractivity contribution in [2.24, 2.45) is 0 Å². The van der Waals surface area contributed by atoms with Crippen molar-refractivity contribution in [3.05, 3.63) is 39.7 Å². The summed E-state index contributed by atoms with van der Waals surface area (Å²) in [7, 11) is 0. The van der Waals surface area contributed by atoms with Gasteiger partial charge in [0.15, 0.2) is 6.61 Å². The van der Waals surface area contributed by atoms with Crippen molar-refractivity contribution in [2.75, 3.05) is 6.61 Å². The number of ether oxygens (including phenoxy) is 1. The molecule has 0 aliphatic rings. The molecular weight excluding hydrogens is 294 g/mol. The predicted molar refractivity (Wildman–Crippen MR) is 90.0 cm³/mol. The van der Waals surface area contributed by atoms with Crippen molar-refractivity contribution in [2.45, 2.75) is 46.6 Å². The van der Waals surface area contributed by atoms with Crippen molar-refractivity contribution < 1.29 is 13.9 Å². The van der Waals surface area contributed by atoms with Crippen LogP contribution in [0.1, 0.15) is 37.8 Å². The number of benzene rings is 1. The molecule has 0 aliphatic heterocycles. The summed E-state index contributed by atoms with van der Waals surface area (Å²) in [6.07, 6.45) is 1.95. The number of hydrogen-bond acceptors (Lipinski definition) is 4. The lowest BCUT2D eigenvalue weighted by molar-refractivity contribution is -0.123. The quantitative estimate of drug-likeness (QED) is 0.831. The van der Waals surface area contributed by atoms with Crippen LogP contribution in [-0.4, -0.2) is 18.6 Å². The number of aryl methyl sites for hydroxylation is 2. The van der Waals surface area contributed by atoms with Gasteiger partial charge in [0, 0.05) is 23.1 Å². The van der Waals surface area contributed by atoms with Crippen LogP contribution in [0.4, 0.5) is 0 Å². The van der Waals surface area contributed by atoms with Crippen LogP contribution in [0.15, 0.2) is 27.4 Å². The zero-order chi connectivity index (χ0) is 17.0. The Morgan fingerprint density at radius 1 is 1.35 bits per heavy atom. The number of carbonyl (C=O) groups is 1. The lowest BCUT2D eigenvalue weighted by Gasteiger charge is -2.14. The SMILES string of the molecule is CCCC(C)NC(=O)COc1ccc2c(C)cc(=O)oc2c1C. The topological polar surface area (TPSA) is 68.5 Å². The van der Waals surface area contributed by atoms with Crippen LogP contribution in [0.25, 0.3) is 11.0 Å². The minimum Gasteiger partial charge on any atom is -0.483 e. The van der Waals surface area contributed by atoms with Crippen molar-refractivity contribution in [3.8, 4) is 5.75 Å². The average Bonchev–Trinajstić information content (AvgIpc) is 2.47. The number of rotatable bonds is 6. The third kappa shape index (κ3) is 4.12. The number of carbonyl (C=O) groups excluding carboxylic acids is 1. The van der Waals surface area contributed by atoms with Crippen LogP contribution in [0.2, 0.25) is 0 Å². The van der Waals surface area contributed by atoms with Crippen LogP contribution < -0.4 is 15.7 Å². The molecule has 0 fully saturated rings. The fourth-order valence-corrected chi connectivity index (χ4v) is 2.62. The molecular formula is C18H23NO4. The van der Waals surface area contributed by atoms with Gasteiger partial charge in [0.05, 0.1) is 0 Å². The van der Waals surface area contributed by atoms with Gasteiger partial charge in [-0.15, -0.1) is 0 Å². The van der Waals surface area contributed by atoms with E-state index in [2.05, 4.69) is 12.2 Å². The molecule has 1 heterocycles. The van der Waals surface area contributed by atoms with E-state index < -0.39 is 0 Å². The molecule has 0 saturated carbocycles.